The molecule has 4 heteroatoms. The van der Waals surface area contributed by atoms with Crippen LogP contribution in [0.1, 0.15) is 27.6 Å². The SMILES string of the molecule is C=C(C(=O)c1ccccc1)/C(O)=C\C(O)=C(/C)C(=O)c1ccccc1. The molecule has 25 heavy (non-hydrogen) atoms. The van der Waals surface area contributed by atoms with Gasteiger partial charge in [-0.3, -0.25) is 9.59 Å². The third-order valence-corrected chi connectivity index (χ3v) is 3.65. The second kappa shape index (κ2) is 7.93. The zero-order chi connectivity index (χ0) is 18.4. The molecule has 126 valence electrons. The summed E-state index contributed by atoms with van der Waals surface area (Å²) in [6.45, 7) is 5.00. The van der Waals surface area contributed by atoms with Crippen LogP contribution in [-0.2, 0) is 0 Å². The number of Topliss-reactive ketones (excluding diaryl/α,β-unsaturated/α-hetero) is 2. The Morgan fingerprint density at radius 2 is 1.28 bits per heavy atom. The van der Waals surface area contributed by atoms with Crippen molar-refractivity contribution >= 4 is 11.6 Å². The lowest BCUT2D eigenvalue weighted by Gasteiger charge is -2.06. The van der Waals surface area contributed by atoms with Crippen LogP contribution >= 0.6 is 0 Å². The monoisotopic (exact) mass is 334 g/mol. The van der Waals surface area contributed by atoms with Gasteiger partial charge >= 0.3 is 0 Å². The highest BCUT2D eigenvalue weighted by atomic mass is 16.3. The van der Waals surface area contributed by atoms with Gasteiger partial charge in [-0.2, -0.15) is 0 Å². The number of hydrogen-bond donors (Lipinski definition) is 2. The van der Waals surface area contributed by atoms with E-state index in [4.69, 9.17) is 0 Å². The van der Waals surface area contributed by atoms with Crippen LogP contribution in [0.25, 0.3) is 0 Å². The Kier molecular flexibility index (Phi) is 5.69. The maximum Gasteiger partial charge on any atom is 0.196 e. The Labute approximate surface area is 146 Å². The molecule has 0 fully saturated rings. The van der Waals surface area contributed by atoms with Gasteiger partial charge in [0.2, 0.25) is 0 Å². The van der Waals surface area contributed by atoms with Crippen LogP contribution in [-0.4, -0.2) is 21.8 Å². The number of aliphatic hydroxyl groups is 2. The molecule has 0 aromatic heterocycles. The van der Waals surface area contributed by atoms with E-state index in [9.17, 15) is 19.8 Å². The number of benzene rings is 2. The first-order valence-corrected chi connectivity index (χ1v) is 7.61. The van der Waals surface area contributed by atoms with Crippen molar-refractivity contribution in [2.45, 2.75) is 6.92 Å². The summed E-state index contributed by atoms with van der Waals surface area (Å²) in [5.41, 5.74) is 0.669. The number of rotatable bonds is 6. The Morgan fingerprint density at radius 1 is 0.840 bits per heavy atom. The molecule has 2 aromatic carbocycles. The second-order valence-corrected chi connectivity index (χ2v) is 5.41. The predicted octanol–water partition coefficient (Wildman–Crippen LogP) is 4.58. The minimum absolute atomic E-state index is 0.0534. The standard InChI is InChI=1S/C21H18O4/c1-14(20(24)16-9-5-3-6-10-16)18(22)13-19(23)15(2)21(25)17-11-7-4-8-12-17/h3-13,22-23H,1H2,2H3/b18-13+,19-15-. The third-order valence-electron chi connectivity index (χ3n) is 3.65. The third kappa shape index (κ3) is 4.32. The van der Waals surface area contributed by atoms with Gasteiger partial charge in [-0.15, -0.1) is 0 Å². The zero-order valence-corrected chi connectivity index (χ0v) is 13.8. The molecule has 0 saturated heterocycles. The van der Waals surface area contributed by atoms with E-state index in [1.54, 1.807) is 60.7 Å². The molecule has 0 bridgehead atoms. The average molecular weight is 334 g/mol. The van der Waals surface area contributed by atoms with Crippen molar-refractivity contribution < 1.29 is 19.8 Å². The largest absolute Gasteiger partial charge is 0.507 e. The molecule has 0 amide bonds. The molecule has 0 saturated carbocycles. The molecule has 0 aliphatic carbocycles. The molecule has 2 rings (SSSR count). The van der Waals surface area contributed by atoms with Crippen molar-refractivity contribution in [2.24, 2.45) is 0 Å². The highest BCUT2D eigenvalue weighted by molar-refractivity contribution is 6.11. The summed E-state index contributed by atoms with van der Waals surface area (Å²) in [6.07, 6.45) is 0.958. The smallest absolute Gasteiger partial charge is 0.196 e. The number of allylic oxidation sites excluding steroid dienone is 3. The van der Waals surface area contributed by atoms with E-state index in [2.05, 4.69) is 6.58 Å². The lowest BCUT2D eigenvalue weighted by molar-refractivity contribution is 0.102. The number of hydrogen-bond acceptors (Lipinski definition) is 4. The van der Waals surface area contributed by atoms with E-state index in [1.807, 2.05) is 0 Å². The van der Waals surface area contributed by atoms with Crippen LogP contribution < -0.4 is 0 Å². The number of carbonyl (C=O) groups excluding carboxylic acids is 2. The molecular weight excluding hydrogens is 316 g/mol. The molecule has 0 aliphatic heterocycles. The van der Waals surface area contributed by atoms with Gasteiger partial charge in [-0.25, -0.2) is 0 Å². The molecule has 2 aromatic rings. The van der Waals surface area contributed by atoms with Gasteiger partial charge in [0.25, 0.3) is 0 Å². The number of carbonyl (C=O) groups is 2. The fraction of sp³-hybridized carbons (Fsp3) is 0.0476. The molecule has 4 nitrogen and oxygen atoms in total. The summed E-state index contributed by atoms with van der Waals surface area (Å²) in [4.78, 5) is 24.5. The first-order chi connectivity index (χ1) is 11.9. The van der Waals surface area contributed by atoms with Crippen LogP contribution in [0.3, 0.4) is 0 Å². The predicted molar refractivity (Wildman–Crippen MR) is 96.7 cm³/mol. The van der Waals surface area contributed by atoms with Crippen LogP contribution in [0, 0.1) is 0 Å². The minimum atomic E-state index is -0.494. The maximum absolute atomic E-state index is 12.3. The van der Waals surface area contributed by atoms with E-state index in [1.165, 1.54) is 6.92 Å². The number of ketones is 2. The normalized spacial score (nSPS) is 12.3. The average Bonchev–Trinajstić information content (AvgIpc) is 2.66. The highest BCUT2D eigenvalue weighted by Crippen LogP contribution is 2.17. The molecule has 0 heterocycles. The van der Waals surface area contributed by atoms with Gasteiger partial charge in [0.15, 0.2) is 11.6 Å². The van der Waals surface area contributed by atoms with Gasteiger partial charge in [0.05, 0.1) is 5.57 Å². The molecule has 0 atom stereocenters. The van der Waals surface area contributed by atoms with Gasteiger partial charge in [-0.1, -0.05) is 67.2 Å². The summed E-state index contributed by atoms with van der Waals surface area (Å²) in [7, 11) is 0. The quantitative estimate of drug-likeness (QED) is 0.351. The van der Waals surface area contributed by atoms with Crippen molar-refractivity contribution in [1.82, 2.24) is 0 Å². The topological polar surface area (TPSA) is 74.6 Å². The molecular formula is C21H18O4. The molecule has 0 unspecified atom stereocenters. The summed E-state index contributed by atoms with van der Waals surface area (Å²) >= 11 is 0. The van der Waals surface area contributed by atoms with Crippen LogP contribution in [0.15, 0.2) is 96.0 Å². The van der Waals surface area contributed by atoms with Crippen LogP contribution in [0.5, 0.6) is 0 Å². The first kappa shape index (κ1) is 17.9. The minimum Gasteiger partial charge on any atom is -0.507 e. The molecule has 0 spiro atoms. The molecule has 2 N–H and O–H groups in total. The van der Waals surface area contributed by atoms with Crippen molar-refractivity contribution in [3.8, 4) is 0 Å². The van der Waals surface area contributed by atoms with E-state index in [0.717, 1.165) is 6.08 Å². The van der Waals surface area contributed by atoms with Gasteiger partial charge in [0, 0.05) is 22.8 Å². The van der Waals surface area contributed by atoms with Crippen LogP contribution in [0.4, 0.5) is 0 Å². The van der Waals surface area contributed by atoms with Crippen molar-refractivity contribution in [3.63, 3.8) is 0 Å². The maximum atomic E-state index is 12.3. The van der Waals surface area contributed by atoms with E-state index >= 15 is 0 Å². The Morgan fingerprint density at radius 3 is 1.76 bits per heavy atom. The fourth-order valence-corrected chi connectivity index (χ4v) is 2.13. The Bertz CT molecular complexity index is 859. The van der Waals surface area contributed by atoms with Crippen LogP contribution in [0.2, 0.25) is 0 Å². The lowest BCUT2D eigenvalue weighted by Crippen LogP contribution is -2.06. The lowest BCUT2D eigenvalue weighted by atomic mass is 10.0. The molecule has 0 radical (unpaired) electrons. The Hall–Kier alpha value is -3.40. The van der Waals surface area contributed by atoms with Crippen molar-refractivity contribution in [2.75, 3.05) is 0 Å². The van der Waals surface area contributed by atoms with E-state index in [0.29, 0.717) is 11.1 Å². The van der Waals surface area contributed by atoms with E-state index < -0.39 is 17.3 Å². The summed E-state index contributed by atoms with van der Waals surface area (Å²) < 4.78 is 0. The molecule has 0 aliphatic rings. The summed E-state index contributed by atoms with van der Waals surface area (Å²) in [6, 6.07) is 16.8. The van der Waals surface area contributed by atoms with Gasteiger partial charge < -0.3 is 10.2 Å². The van der Waals surface area contributed by atoms with Gasteiger partial charge in [-0.05, 0) is 6.92 Å². The summed E-state index contributed by atoms with van der Waals surface area (Å²) in [5, 5.41) is 20.1. The number of aliphatic hydroxyl groups excluding tert-OH is 2. The zero-order valence-electron chi connectivity index (χ0n) is 13.8. The first-order valence-electron chi connectivity index (χ1n) is 7.61. The van der Waals surface area contributed by atoms with E-state index in [-0.39, 0.29) is 16.9 Å². The summed E-state index contributed by atoms with van der Waals surface area (Å²) in [5.74, 6) is -1.75. The second-order valence-electron chi connectivity index (χ2n) is 5.41. The highest BCUT2D eigenvalue weighted by Gasteiger charge is 2.16. The van der Waals surface area contributed by atoms with Gasteiger partial charge in [0.1, 0.15) is 11.5 Å². The van der Waals surface area contributed by atoms with Crippen molar-refractivity contribution in [3.05, 3.63) is 107 Å². The fourth-order valence-electron chi connectivity index (χ4n) is 2.13. The van der Waals surface area contributed by atoms with Crippen molar-refractivity contribution in [1.29, 1.82) is 0 Å². The Balaban J connectivity index is 2.24.